The Labute approximate surface area is 96.9 Å². The average molecular weight is 270 g/mol. The van der Waals surface area contributed by atoms with Crippen LogP contribution in [0.1, 0.15) is 6.42 Å². The first-order valence-electron chi connectivity index (χ1n) is 4.89. The zero-order valence-corrected chi connectivity index (χ0v) is 9.79. The summed E-state index contributed by atoms with van der Waals surface area (Å²) in [7, 11) is 0. The molecule has 1 heterocycles. The highest BCUT2D eigenvalue weighted by Gasteiger charge is 2.21. The minimum absolute atomic E-state index is 0.124. The number of amides is 1. The second-order valence-corrected chi connectivity index (χ2v) is 4.55. The van der Waals surface area contributed by atoms with Crippen LogP contribution >= 0.6 is 15.9 Å². The molecule has 0 spiro atoms. The van der Waals surface area contributed by atoms with Crippen molar-refractivity contribution in [3.63, 3.8) is 0 Å². The van der Waals surface area contributed by atoms with E-state index in [1.54, 1.807) is 0 Å². The van der Waals surface area contributed by atoms with Gasteiger partial charge in [-0.1, -0.05) is 15.9 Å². The summed E-state index contributed by atoms with van der Waals surface area (Å²) in [6.45, 7) is 1.33. The molecule has 4 heteroatoms. The fourth-order valence-corrected chi connectivity index (χ4v) is 1.79. The molecule has 1 aliphatic rings. The van der Waals surface area contributed by atoms with Gasteiger partial charge in [-0.25, -0.2) is 0 Å². The molecule has 1 atom stereocenters. The van der Waals surface area contributed by atoms with Crippen molar-refractivity contribution in [1.29, 1.82) is 0 Å². The smallest absolute Gasteiger partial charge is 0.220 e. The number of carbonyl (C=O) groups is 1. The van der Waals surface area contributed by atoms with Crippen molar-refractivity contribution in [1.82, 2.24) is 5.32 Å². The van der Waals surface area contributed by atoms with Crippen LogP contribution in [0.3, 0.4) is 0 Å². The number of hydrogen-bond donors (Lipinski definition) is 1. The lowest BCUT2D eigenvalue weighted by Crippen LogP contribution is -2.16. The van der Waals surface area contributed by atoms with Gasteiger partial charge in [0.25, 0.3) is 0 Å². The van der Waals surface area contributed by atoms with Gasteiger partial charge in [-0.05, 0) is 24.3 Å². The maximum absolute atomic E-state index is 10.9. The maximum atomic E-state index is 10.9. The molecule has 1 unspecified atom stereocenters. The number of ether oxygens (including phenoxy) is 1. The topological polar surface area (TPSA) is 38.3 Å². The van der Waals surface area contributed by atoms with Crippen LogP contribution in [0.5, 0.6) is 5.75 Å². The molecule has 0 saturated carbocycles. The van der Waals surface area contributed by atoms with Gasteiger partial charge in [0.15, 0.2) is 0 Å². The van der Waals surface area contributed by atoms with Gasteiger partial charge in [-0.3, -0.25) is 4.79 Å². The molecule has 1 amide bonds. The molecule has 0 bridgehead atoms. The van der Waals surface area contributed by atoms with Gasteiger partial charge < -0.3 is 10.1 Å². The Kier molecular flexibility index (Phi) is 3.26. The lowest BCUT2D eigenvalue weighted by atomic mass is 10.1. The molecule has 1 aromatic rings. The monoisotopic (exact) mass is 269 g/mol. The summed E-state index contributed by atoms with van der Waals surface area (Å²) in [6, 6.07) is 7.70. The van der Waals surface area contributed by atoms with Crippen LogP contribution in [0.2, 0.25) is 0 Å². The van der Waals surface area contributed by atoms with Gasteiger partial charge in [0.1, 0.15) is 5.75 Å². The first-order chi connectivity index (χ1) is 7.24. The third-order valence-corrected chi connectivity index (χ3v) is 2.89. The van der Waals surface area contributed by atoms with Gasteiger partial charge in [0, 0.05) is 23.4 Å². The van der Waals surface area contributed by atoms with Gasteiger partial charge in [-0.2, -0.15) is 0 Å². The van der Waals surface area contributed by atoms with Crippen molar-refractivity contribution in [3.8, 4) is 5.75 Å². The van der Waals surface area contributed by atoms with Gasteiger partial charge >= 0.3 is 0 Å². The summed E-state index contributed by atoms with van der Waals surface area (Å²) in [5.41, 5.74) is 0. The third-order valence-electron chi connectivity index (χ3n) is 2.36. The molecule has 2 rings (SSSR count). The molecule has 1 saturated heterocycles. The normalized spacial score (nSPS) is 20.1. The standard InChI is InChI=1S/C11H12BrNO2/c12-9-1-3-10(4-2-9)15-7-8-5-11(14)13-6-8/h1-4,8H,5-7H2,(H,13,14). The number of carbonyl (C=O) groups excluding carboxylic acids is 1. The van der Waals surface area contributed by atoms with Crippen LogP contribution in [-0.2, 0) is 4.79 Å². The first-order valence-corrected chi connectivity index (χ1v) is 5.68. The number of hydrogen-bond acceptors (Lipinski definition) is 2. The third kappa shape index (κ3) is 2.96. The Morgan fingerprint density at radius 1 is 1.40 bits per heavy atom. The fraction of sp³-hybridized carbons (Fsp3) is 0.364. The molecule has 80 valence electrons. The molecule has 1 N–H and O–H groups in total. The van der Waals surface area contributed by atoms with Crippen LogP contribution < -0.4 is 10.1 Å². The summed E-state index contributed by atoms with van der Waals surface area (Å²) in [5.74, 6) is 1.28. The summed E-state index contributed by atoms with van der Waals surface area (Å²) in [4.78, 5) is 10.9. The van der Waals surface area contributed by atoms with Crippen molar-refractivity contribution in [2.45, 2.75) is 6.42 Å². The summed E-state index contributed by atoms with van der Waals surface area (Å²) >= 11 is 3.36. The zero-order chi connectivity index (χ0) is 10.7. The van der Waals surface area contributed by atoms with E-state index in [2.05, 4.69) is 21.2 Å². The Balaban J connectivity index is 1.83. The highest BCUT2D eigenvalue weighted by atomic mass is 79.9. The molecule has 1 fully saturated rings. The van der Waals surface area contributed by atoms with Crippen molar-refractivity contribution in [2.24, 2.45) is 5.92 Å². The number of rotatable bonds is 3. The van der Waals surface area contributed by atoms with E-state index in [0.29, 0.717) is 18.9 Å². The molecule has 0 radical (unpaired) electrons. The predicted octanol–water partition coefficient (Wildman–Crippen LogP) is 1.96. The SMILES string of the molecule is O=C1CC(COc2ccc(Br)cc2)CN1. The Morgan fingerprint density at radius 2 is 2.13 bits per heavy atom. The van der Waals surface area contributed by atoms with Crippen LogP contribution in [0, 0.1) is 5.92 Å². The molecule has 15 heavy (non-hydrogen) atoms. The van der Waals surface area contributed by atoms with E-state index in [-0.39, 0.29) is 5.91 Å². The summed E-state index contributed by atoms with van der Waals surface area (Å²) in [6.07, 6.45) is 0.580. The Morgan fingerprint density at radius 3 is 2.73 bits per heavy atom. The van der Waals surface area contributed by atoms with Crippen molar-refractivity contribution >= 4 is 21.8 Å². The van der Waals surface area contributed by atoms with Crippen LogP contribution in [-0.4, -0.2) is 19.1 Å². The van der Waals surface area contributed by atoms with E-state index >= 15 is 0 Å². The lowest BCUT2D eigenvalue weighted by Gasteiger charge is -2.09. The first kappa shape index (κ1) is 10.5. The highest BCUT2D eigenvalue weighted by Crippen LogP contribution is 2.18. The second kappa shape index (κ2) is 4.66. The largest absolute Gasteiger partial charge is 0.493 e. The molecule has 1 aliphatic heterocycles. The minimum Gasteiger partial charge on any atom is -0.493 e. The molecule has 1 aromatic carbocycles. The molecule has 3 nitrogen and oxygen atoms in total. The predicted molar refractivity (Wildman–Crippen MR) is 60.8 cm³/mol. The van der Waals surface area contributed by atoms with Gasteiger partial charge in [0.05, 0.1) is 6.61 Å². The van der Waals surface area contributed by atoms with E-state index in [1.165, 1.54) is 0 Å². The second-order valence-electron chi connectivity index (χ2n) is 3.64. The quantitative estimate of drug-likeness (QED) is 0.911. The van der Waals surface area contributed by atoms with E-state index in [4.69, 9.17) is 4.74 Å². The van der Waals surface area contributed by atoms with E-state index in [1.807, 2.05) is 24.3 Å². The Hall–Kier alpha value is -1.03. The minimum atomic E-state index is 0.124. The lowest BCUT2D eigenvalue weighted by molar-refractivity contribution is -0.119. The zero-order valence-electron chi connectivity index (χ0n) is 8.20. The van der Waals surface area contributed by atoms with E-state index in [9.17, 15) is 4.79 Å². The molecule has 0 aliphatic carbocycles. The van der Waals surface area contributed by atoms with Crippen molar-refractivity contribution < 1.29 is 9.53 Å². The highest BCUT2D eigenvalue weighted by molar-refractivity contribution is 9.10. The Bertz CT molecular complexity index is 350. The molecule has 0 aromatic heterocycles. The fourth-order valence-electron chi connectivity index (χ4n) is 1.53. The van der Waals surface area contributed by atoms with E-state index < -0.39 is 0 Å². The number of nitrogens with one attached hydrogen (secondary N) is 1. The average Bonchev–Trinajstić information content (AvgIpc) is 2.64. The van der Waals surface area contributed by atoms with E-state index in [0.717, 1.165) is 16.8 Å². The maximum Gasteiger partial charge on any atom is 0.220 e. The number of halogens is 1. The van der Waals surface area contributed by atoms with Gasteiger partial charge in [0.2, 0.25) is 5.91 Å². The van der Waals surface area contributed by atoms with Crippen LogP contribution in [0.4, 0.5) is 0 Å². The summed E-state index contributed by atoms with van der Waals surface area (Å²) < 4.78 is 6.61. The van der Waals surface area contributed by atoms with Crippen LogP contribution in [0.15, 0.2) is 28.7 Å². The number of benzene rings is 1. The van der Waals surface area contributed by atoms with Gasteiger partial charge in [-0.15, -0.1) is 0 Å². The van der Waals surface area contributed by atoms with Crippen LogP contribution in [0.25, 0.3) is 0 Å². The molecular weight excluding hydrogens is 258 g/mol. The summed E-state index contributed by atoms with van der Waals surface area (Å²) in [5, 5.41) is 2.79. The van der Waals surface area contributed by atoms with Crippen molar-refractivity contribution in [2.75, 3.05) is 13.2 Å². The van der Waals surface area contributed by atoms with Crippen molar-refractivity contribution in [3.05, 3.63) is 28.7 Å². The molecular formula is C11H12BrNO2.